The Bertz CT molecular complexity index is 1540. The van der Waals surface area contributed by atoms with Crippen LogP contribution in [0.4, 0.5) is 10.3 Å². The van der Waals surface area contributed by atoms with Crippen molar-refractivity contribution >= 4 is 31.9 Å². The third kappa shape index (κ3) is 5.18. The Balaban J connectivity index is 1.86. The highest BCUT2D eigenvalue weighted by atomic mass is 79.9. The Morgan fingerprint density at radius 3 is 2.29 bits per heavy atom. The van der Waals surface area contributed by atoms with Crippen molar-refractivity contribution < 1.29 is 22.3 Å². The summed E-state index contributed by atoms with van der Waals surface area (Å²) in [6, 6.07) is 6.90. The number of pyridine rings is 1. The monoisotopic (exact) mass is 605 g/mol. The van der Waals surface area contributed by atoms with Gasteiger partial charge < -0.3 is 9.47 Å². The van der Waals surface area contributed by atoms with Gasteiger partial charge in [-0.05, 0) is 60.5 Å². The quantitative estimate of drug-likeness (QED) is 0.297. The Morgan fingerprint density at radius 1 is 1.08 bits per heavy atom. The molecule has 4 rings (SSSR count). The molecule has 3 aromatic heterocycles. The summed E-state index contributed by atoms with van der Waals surface area (Å²) in [6.07, 6.45) is 5.94. The molecule has 0 bridgehead atoms. The summed E-state index contributed by atoms with van der Waals surface area (Å²) >= 11 is 3.19. The lowest BCUT2D eigenvalue weighted by Gasteiger charge is -2.26. The van der Waals surface area contributed by atoms with Crippen LogP contribution in [0, 0.1) is 6.92 Å². The predicted molar refractivity (Wildman–Crippen MR) is 143 cm³/mol. The molecule has 3 heterocycles. The number of ether oxygens (including phenoxy) is 2. The van der Waals surface area contributed by atoms with Gasteiger partial charge in [-0.1, -0.05) is 6.07 Å². The first-order chi connectivity index (χ1) is 18.0. The van der Waals surface area contributed by atoms with E-state index in [0.29, 0.717) is 27.2 Å². The van der Waals surface area contributed by atoms with Gasteiger partial charge in [0.25, 0.3) is 0 Å². The zero-order valence-corrected chi connectivity index (χ0v) is 23.6. The number of nitrogens with zero attached hydrogens (tertiary/aromatic N) is 6. The molecule has 14 heteroatoms. The minimum absolute atomic E-state index is 0.205. The number of hydrogen-bond donors (Lipinski definition) is 1. The maximum absolute atomic E-state index is 15.9. The van der Waals surface area contributed by atoms with E-state index in [2.05, 4.69) is 45.8 Å². The van der Waals surface area contributed by atoms with Crippen molar-refractivity contribution in [3.8, 4) is 28.6 Å². The summed E-state index contributed by atoms with van der Waals surface area (Å²) < 4.78 is 58.4. The fraction of sp³-hybridized carbons (Fsp3) is 0.292. The van der Waals surface area contributed by atoms with Crippen LogP contribution in [0.25, 0.3) is 17.1 Å². The molecule has 0 amide bonds. The average Bonchev–Trinajstić information content (AvgIpc) is 3.30. The topological polar surface area (TPSA) is 134 Å². The molecule has 0 unspecified atom stereocenters. The van der Waals surface area contributed by atoms with Crippen LogP contribution >= 0.6 is 15.9 Å². The maximum atomic E-state index is 15.9. The molecule has 0 aliphatic heterocycles. The lowest BCUT2D eigenvalue weighted by Crippen LogP contribution is -2.41. The normalized spacial score (nSPS) is 14.0. The highest BCUT2D eigenvalue weighted by Crippen LogP contribution is 2.38. The van der Waals surface area contributed by atoms with Crippen LogP contribution in [-0.4, -0.2) is 57.6 Å². The molecule has 0 spiro atoms. The summed E-state index contributed by atoms with van der Waals surface area (Å²) in [5.74, 6) is 0.492. The van der Waals surface area contributed by atoms with E-state index >= 15 is 4.39 Å². The van der Waals surface area contributed by atoms with E-state index in [0.717, 1.165) is 12.5 Å². The van der Waals surface area contributed by atoms with Gasteiger partial charge >= 0.3 is 0 Å². The third-order valence-corrected chi connectivity index (χ3v) is 8.19. The number of aromatic nitrogens is 6. The van der Waals surface area contributed by atoms with E-state index in [-0.39, 0.29) is 17.6 Å². The van der Waals surface area contributed by atoms with E-state index in [1.165, 1.54) is 38.1 Å². The van der Waals surface area contributed by atoms with Crippen LogP contribution in [0.3, 0.4) is 0 Å². The second-order valence-corrected chi connectivity index (χ2v) is 11.5. The van der Waals surface area contributed by atoms with Gasteiger partial charge in [0.1, 0.15) is 22.4 Å². The fourth-order valence-corrected chi connectivity index (χ4v) is 5.19. The van der Waals surface area contributed by atoms with Gasteiger partial charge in [-0.15, -0.1) is 10.2 Å². The molecule has 0 saturated heterocycles. The van der Waals surface area contributed by atoms with E-state index in [9.17, 15) is 8.42 Å². The molecular formula is C24H25BrFN7O4S. The van der Waals surface area contributed by atoms with Crippen molar-refractivity contribution in [2.75, 3.05) is 18.9 Å². The number of nitrogens with one attached hydrogen (secondary N) is 1. The molecule has 200 valence electrons. The summed E-state index contributed by atoms with van der Waals surface area (Å²) in [6.45, 7) is 4.19. The lowest BCUT2D eigenvalue weighted by atomic mass is 10.0. The van der Waals surface area contributed by atoms with Crippen LogP contribution in [0.1, 0.15) is 25.2 Å². The highest BCUT2D eigenvalue weighted by Gasteiger charge is 2.44. The second kappa shape index (κ2) is 10.6. The first kappa shape index (κ1) is 27.4. The van der Waals surface area contributed by atoms with Gasteiger partial charge in [0.05, 0.1) is 18.7 Å². The predicted octanol–water partition coefficient (Wildman–Crippen LogP) is 4.22. The molecule has 11 nitrogen and oxygen atoms in total. The maximum Gasteiger partial charge on any atom is 0.243 e. The first-order valence-electron chi connectivity index (χ1n) is 11.3. The molecule has 38 heavy (non-hydrogen) atoms. The molecule has 0 aliphatic carbocycles. The van der Waals surface area contributed by atoms with Crippen LogP contribution < -0.4 is 14.2 Å². The Labute approximate surface area is 227 Å². The third-order valence-electron chi connectivity index (χ3n) is 5.94. The van der Waals surface area contributed by atoms with Crippen molar-refractivity contribution in [1.29, 1.82) is 0 Å². The van der Waals surface area contributed by atoms with Crippen molar-refractivity contribution in [1.82, 2.24) is 29.7 Å². The first-order valence-corrected chi connectivity index (χ1v) is 13.6. The number of halogens is 2. The number of sulfonamides is 1. The van der Waals surface area contributed by atoms with Crippen LogP contribution in [0.15, 0.2) is 53.5 Å². The van der Waals surface area contributed by atoms with E-state index in [1.807, 2.05) is 13.0 Å². The molecule has 2 atom stereocenters. The SMILES string of the molecule is COc1cccc(OC)c1-n1c(NS(=O)(=O)[C@H](C)[C@](C)(F)c2ncc(Br)cn2)nnc1-c1cncc(C)c1. The molecule has 1 N–H and O–H groups in total. The number of benzene rings is 1. The van der Waals surface area contributed by atoms with Crippen molar-refractivity contribution in [2.24, 2.45) is 0 Å². The van der Waals surface area contributed by atoms with Crippen molar-refractivity contribution in [3.05, 3.63) is 64.9 Å². The molecule has 0 radical (unpaired) electrons. The molecule has 1 aromatic carbocycles. The zero-order valence-electron chi connectivity index (χ0n) is 21.2. The Morgan fingerprint density at radius 2 is 1.71 bits per heavy atom. The summed E-state index contributed by atoms with van der Waals surface area (Å²) in [5, 5.41) is 6.73. The lowest BCUT2D eigenvalue weighted by molar-refractivity contribution is 0.175. The number of hydrogen-bond acceptors (Lipinski definition) is 9. The van der Waals surface area contributed by atoms with Crippen molar-refractivity contribution in [3.63, 3.8) is 0 Å². The second-order valence-electron chi connectivity index (χ2n) is 8.53. The van der Waals surface area contributed by atoms with Crippen LogP contribution in [-0.2, 0) is 15.7 Å². The van der Waals surface area contributed by atoms with Gasteiger partial charge in [-0.25, -0.2) is 22.8 Å². The van der Waals surface area contributed by atoms with Gasteiger partial charge in [0.15, 0.2) is 17.3 Å². The van der Waals surface area contributed by atoms with E-state index in [1.54, 1.807) is 30.6 Å². The standard InChI is InChI=1S/C24H25BrFN7O4S/c1-14-9-16(11-27-10-14)21-30-31-23(33(21)20-18(36-4)7-6-8-19(20)37-5)32-38(34,35)15(2)24(3,26)22-28-12-17(25)13-29-22/h6-13,15H,1-5H3,(H,31,32)/t15-,24+/m1/s1. The largest absolute Gasteiger partial charge is 0.494 e. The van der Waals surface area contributed by atoms with Crippen molar-refractivity contribution in [2.45, 2.75) is 31.7 Å². The van der Waals surface area contributed by atoms with E-state index in [4.69, 9.17) is 9.47 Å². The smallest absolute Gasteiger partial charge is 0.243 e. The number of para-hydroxylation sites is 1. The van der Waals surface area contributed by atoms with Gasteiger partial charge in [0.2, 0.25) is 16.0 Å². The fourth-order valence-electron chi connectivity index (χ4n) is 3.73. The minimum Gasteiger partial charge on any atom is -0.494 e. The van der Waals surface area contributed by atoms with Crippen LogP contribution in [0.2, 0.25) is 0 Å². The molecule has 0 saturated carbocycles. The zero-order chi connectivity index (χ0) is 27.7. The number of anilines is 1. The number of rotatable bonds is 9. The molecule has 4 aromatic rings. The number of alkyl halides is 1. The average molecular weight is 606 g/mol. The van der Waals surface area contributed by atoms with Gasteiger partial charge in [-0.2, -0.15) is 0 Å². The number of methoxy groups -OCH3 is 2. The highest BCUT2D eigenvalue weighted by molar-refractivity contribution is 9.10. The number of aryl methyl sites for hydroxylation is 1. The molecular weight excluding hydrogens is 581 g/mol. The van der Waals surface area contributed by atoms with Gasteiger partial charge in [0, 0.05) is 30.4 Å². The Hall–Kier alpha value is -3.65. The van der Waals surface area contributed by atoms with E-state index < -0.39 is 20.9 Å². The molecule has 0 fully saturated rings. The summed E-state index contributed by atoms with van der Waals surface area (Å²) in [4.78, 5) is 12.1. The minimum atomic E-state index is -4.41. The Kier molecular flexibility index (Phi) is 7.65. The summed E-state index contributed by atoms with van der Waals surface area (Å²) in [7, 11) is -1.48. The molecule has 0 aliphatic rings. The summed E-state index contributed by atoms with van der Waals surface area (Å²) in [5.41, 5.74) is -0.698. The van der Waals surface area contributed by atoms with Gasteiger partial charge in [-0.3, -0.25) is 14.3 Å². The van der Waals surface area contributed by atoms with Crippen LogP contribution in [0.5, 0.6) is 11.5 Å².